The molecule has 1 fully saturated rings. The molecule has 1 heterocycles. The van der Waals surface area contributed by atoms with Gasteiger partial charge in [0.2, 0.25) is 0 Å². The van der Waals surface area contributed by atoms with Crippen molar-refractivity contribution in [3.8, 4) is 5.75 Å². The van der Waals surface area contributed by atoms with Crippen LogP contribution in [0.25, 0.3) is 0 Å². The largest absolute Gasteiger partial charge is 0.425 e. The number of hydrogen-bond donors (Lipinski definition) is 1. The second kappa shape index (κ2) is 8.96. The van der Waals surface area contributed by atoms with Gasteiger partial charge in [0, 0.05) is 18.3 Å². The molecular weight excluding hydrogens is 458 g/mol. The minimum absolute atomic E-state index is 0.166. The van der Waals surface area contributed by atoms with Crippen molar-refractivity contribution in [3.63, 3.8) is 0 Å². The molecule has 3 aromatic rings. The van der Waals surface area contributed by atoms with E-state index in [2.05, 4.69) is 5.32 Å². The van der Waals surface area contributed by atoms with Gasteiger partial charge in [-0.1, -0.05) is 42.0 Å². The number of fused-ring (bicyclic) bond motifs is 2. The summed E-state index contributed by atoms with van der Waals surface area (Å²) in [5, 5.41) is 2.79. The Morgan fingerprint density at radius 2 is 1.69 bits per heavy atom. The number of imide groups is 1. The minimum atomic E-state index is -1.12. The van der Waals surface area contributed by atoms with Gasteiger partial charge >= 0.3 is 12.0 Å². The second-order valence-corrected chi connectivity index (χ2v) is 9.08. The fraction of sp³-hybridized carbons (Fsp3) is 0.214. The van der Waals surface area contributed by atoms with E-state index >= 15 is 0 Å². The van der Waals surface area contributed by atoms with Crippen molar-refractivity contribution in [1.82, 2.24) is 10.2 Å². The third kappa shape index (κ3) is 4.00. The van der Waals surface area contributed by atoms with Gasteiger partial charge in [0.05, 0.1) is 0 Å². The summed E-state index contributed by atoms with van der Waals surface area (Å²) in [6.45, 7) is 1.46. The summed E-state index contributed by atoms with van der Waals surface area (Å²) in [5.74, 6) is -1.10. The van der Waals surface area contributed by atoms with Gasteiger partial charge in [-0.3, -0.25) is 14.5 Å². The van der Waals surface area contributed by atoms with E-state index in [4.69, 9.17) is 4.74 Å². The Bertz CT molecular complexity index is 1370. The SMILES string of the molecule is Cc1ccc(C(=O)N(C)c2ccc(OC(=O)CN3C(=O)NC4(CCc5ccccc54)C3=O)cc2)cc1. The van der Waals surface area contributed by atoms with Crippen LogP contribution in [0.5, 0.6) is 5.75 Å². The lowest BCUT2D eigenvalue weighted by Crippen LogP contribution is -2.42. The average molecular weight is 484 g/mol. The molecule has 1 N–H and O–H groups in total. The number of carbonyl (C=O) groups excluding carboxylic acids is 4. The highest BCUT2D eigenvalue weighted by atomic mass is 16.5. The van der Waals surface area contributed by atoms with Crippen LogP contribution in [0.4, 0.5) is 10.5 Å². The molecule has 5 rings (SSSR count). The van der Waals surface area contributed by atoms with E-state index in [1.807, 2.05) is 43.3 Å². The van der Waals surface area contributed by atoms with Crippen LogP contribution in [0.2, 0.25) is 0 Å². The maximum atomic E-state index is 13.2. The number of amides is 4. The molecule has 4 amide bonds. The number of urea groups is 1. The van der Waals surface area contributed by atoms with Gasteiger partial charge < -0.3 is 15.0 Å². The molecule has 0 bridgehead atoms. The molecule has 2 aliphatic rings. The van der Waals surface area contributed by atoms with Crippen LogP contribution in [0.15, 0.2) is 72.8 Å². The van der Waals surface area contributed by atoms with Crippen LogP contribution in [0.1, 0.15) is 33.5 Å². The summed E-state index contributed by atoms with van der Waals surface area (Å²) < 4.78 is 5.37. The first-order valence-electron chi connectivity index (χ1n) is 11.7. The Hall–Kier alpha value is -4.46. The van der Waals surface area contributed by atoms with Crippen LogP contribution < -0.4 is 15.0 Å². The minimum Gasteiger partial charge on any atom is -0.425 e. The smallest absolute Gasteiger partial charge is 0.331 e. The van der Waals surface area contributed by atoms with Crippen molar-refractivity contribution >= 4 is 29.5 Å². The van der Waals surface area contributed by atoms with E-state index < -0.39 is 30.0 Å². The van der Waals surface area contributed by atoms with Gasteiger partial charge in [0.15, 0.2) is 0 Å². The highest BCUT2D eigenvalue weighted by molar-refractivity contribution is 6.09. The maximum absolute atomic E-state index is 13.2. The molecule has 36 heavy (non-hydrogen) atoms. The number of nitrogens with zero attached hydrogens (tertiary/aromatic N) is 2. The zero-order valence-corrected chi connectivity index (χ0v) is 20.0. The number of anilines is 1. The zero-order valence-electron chi connectivity index (χ0n) is 20.0. The molecule has 1 unspecified atom stereocenters. The number of aryl methyl sites for hydroxylation is 2. The quantitative estimate of drug-likeness (QED) is 0.340. The number of esters is 1. The molecule has 8 nitrogen and oxygen atoms in total. The fourth-order valence-electron chi connectivity index (χ4n) is 4.77. The van der Waals surface area contributed by atoms with Gasteiger partial charge in [0.1, 0.15) is 17.8 Å². The molecule has 0 radical (unpaired) electrons. The van der Waals surface area contributed by atoms with Crippen LogP contribution in [0.3, 0.4) is 0 Å². The van der Waals surface area contributed by atoms with Gasteiger partial charge in [-0.25, -0.2) is 9.59 Å². The Kier molecular flexibility index (Phi) is 5.80. The molecule has 1 saturated heterocycles. The number of rotatable bonds is 5. The third-order valence-corrected chi connectivity index (χ3v) is 6.77. The van der Waals surface area contributed by atoms with Gasteiger partial charge in [-0.2, -0.15) is 0 Å². The topological polar surface area (TPSA) is 96.0 Å². The van der Waals surface area contributed by atoms with Crippen molar-refractivity contribution in [2.45, 2.75) is 25.3 Å². The van der Waals surface area contributed by atoms with E-state index in [0.29, 0.717) is 24.1 Å². The van der Waals surface area contributed by atoms with E-state index in [9.17, 15) is 19.2 Å². The van der Waals surface area contributed by atoms with Crippen molar-refractivity contribution in [3.05, 3.63) is 95.1 Å². The molecule has 0 saturated carbocycles. The normalized spacial score (nSPS) is 18.2. The number of ether oxygens (including phenoxy) is 1. The molecule has 0 aromatic heterocycles. The lowest BCUT2D eigenvalue weighted by molar-refractivity contribution is -0.141. The first-order valence-corrected chi connectivity index (χ1v) is 11.7. The molecule has 8 heteroatoms. The summed E-state index contributed by atoms with van der Waals surface area (Å²) in [6, 6.07) is 20.6. The zero-order chi connectivity index (χ0) is 25.4. The van der Waals surface area contributed by atoms with E-state index in [-0.39, 0.29) is 11.7 Å². The first kappa shape index (κ1) is 23.3. The van der Waals surface area contributed by atoms with Crippen LogP contribution in [0, 0.1) is 6.92 Å². The molecule has 1 aliphatic carbocycles. The number of nitrogens with one attached hydrogen (secondary N) is 1. The van der Waals surface area contributed by atoms with Crippen LogP contribution >= 0.6 is 0 Å². The fourth-order valence-corrected chi connectivity index (χ4v) is 4.77. The van der Waals surface area contributed by atoms with Crippen molar-refractivity contribution in [1.29, 1.82) is 0 Å². The molecule has 3 aromatic carbocycles. The summed E-state index contributed by atoms with van der Waals surface area (Å²) in [4.78, 5) is 53.5. The highest BCUT2D eigenvalue weighted by Gasteiger charge is 2.55. The average Bonchev–Trinajstić information content (AvgIpc) is 3.37. The monoisotopic (exact) mass is 483 g/mol. The molecule has 1 atom stereocenters. The number of hydrogen-bond acceptors (Lipinski definition) is 5. The van der Waals surface area contributed by atoms with E-state index in [1.165, 1.54) is 4.90 Å². The number of carbonyl (C=O) groups is 4. The number of benzene rings is 3. The Labute approximate surface area is 208 Å². The molecular formula is C28H25N3O5. The van der Waals surface area contributed by atoms with Crippen molar-refractivity contribution < 1.29 is 23.9 Å². The maximum Gasteiger partial charge on any atom is 0.331 e. The molecule has 182 valence electrons. The van der Waals surface area contributed by atoms with E-state index in [1.54, 1.807) is 43.4 Å². The first-order chi connectivity index (χ1) is 17.3. The highest BCUT2D eigenvalue weighted by Crippen LogP contribution is 2.41. The summed E-state index contributed by atoms with van der Waals surface area (Å²) in [6.07, 6.45) is 1.13. The third-order valence-electron chi connectivity index (χ3n) is 6.77. The van der Waals surface area contributed by atoms with Gasteiger partial charge in [0.25, 0.3) is 11.8 Å². The Morgan fingerprint density at radius 3 is 2.42 bits per heavy atom. The second-order valence-electron chi connectivity index (χ2n) is 9.08. The summed E-state index contributed by atoms with van der Waals surface area (Å²) in [7, 11) is 1.66. The van der Waals surface area contributed by atoms with Crippen LogP contribution in [-0.4, -0.2) is 42.3 Å². The predicted octanol–water partition coefficient (Wildman–Crippen LogP) is 3.57. The summed E-state index contributed by atoms with van der Waals surface area (Å²) >= 11 is 0. The van der Waals surface area contributed by atoms with E-state index in [0.717, 1.165) is 21.6 Å². The lowest BCUT2D eigenvalue weighted by Gasteiger charge is -2.22. The van der Waals surface area contributed by atoms with Gasteiger partial charge in [-0.15, -0.1) is 0 Å². The lowest BCUT2D eigenvalue weighted by atomic mass is 9.92. The van der Waals surface area contributed by atoms with Crippen molar-refractivity contribution in [2.75, 3.05) is 18.5 Å². The molecule has 1 aliphatic heterocycles. The van der Waals surface area contributed by atoms with Crippen molar-refractivity contribution in [2.24, 2.45) is 0 Å². The standard InChI is InChI=1S/C28H25N3O5/c1-18-7-9-20(10-8-18)25(33)30(2)21-11-13-22(14-12-21)36-24(32)17-31-26(34)28(29-27(31)35)16-15-19-5-3-4-6-23(19)28/h3-14H,15-17H2,1-2H3,(H,29,35). The predicted molar refractivity (Wildman–Crippen MR) is 133 cm³/mol. The Morgan fingerprint density at radius 1 is 1.00 bits per heavy atom. The summed E-state index contributed by atoms with van der Waals surface area (Å²) in [5.41, 5.74) is 2.92. The van der Waals surface area contributed by atoms with Crippen LogP contribution in [-0.2, 0) is 21.5 Å². The Balaban J connectivity index is 1.23. The van der Waals surface area contributed by atoms with Gasteiger partial charge in [-0.05, 0) is 67.3 Å². The molecule has 1 spiro atoms.